The van der Waals surface area contributed by atoms with Crippen LogP contribution in [0.2, 0.25) is 0 Å². The number of rotatable bonds is 5. The van der Waals surface area contributed by atoms with Gasteiger partial charge in [0.05, 0.1) is 23.0 Å². The van der Waals surface area contributed by atoms with Gasteiger partial charge in [0, 0.05) is 51.2 Å². The number of nitrogens with zero attached hydrogens (tertiary/aromatic N) is 6. The molecule has 4 heterocycles. The molecule has 1 aliphatic heterocycles. The molecule has 0 aliphatic carbocycles. The second-order valence-corrected chi connectivity index (χ2v) is 6.21. The molecule has 1 atom stereocenters. The second kappa shape index (κ2) is 6.64. The fourth-order valence-corrected chi connectivity index (χ4v) is 3.08. The predicted octanol–water partition coefficient (Wildman–Crippen LogP) is 1.96. The molecule has 1 unspecified atom stereocenters. The average Bonchev–Trinajstić information content (AvgIpc) is 3.34. The van der Waals surface area contributed by atoms with Crippen LogP contribution in [-0.4, -0.2) is 48.6 Å². The number of ether oxygens (including phenoxy) is 1. The van der Waals surface area contributed by atoms with E-state index >= 15 is 0 Å². The topological polar surface area (TPSA) is 82.7 Å². The minimum atomic E-state index is 0.260. The van der Waals surface area contributed by atoms with Crippen LogP contribution in [0.25, 0.3) is 17.1 Å². The zero-order chi connectivity index (χ0) is 17.2. The molecule has 8 heteroatoms. The number of nitrogens with one attached hydrogen (secondary N) is 1. The summed E-state index contributed by atoms with van der Waals surface area (Å²) in [7, 11) is 1.91. The van der Waals surface area contributed by atoms with Crippen LogP contribution in [0.5, 0.6) is 0 Å². The Kier molecular flexibility index (Phi) is 4.19. The Bertz CT molecular complexity index is 846. The fraction of sp³-hybridized carbons (Fsp3) is 0.412. The minimum absolute atomic E-state index is 0.260. The maximum Gasteiger partial charge on any atom is 0.222 e. The molecular weight excluding hydrogens is 318 g/mol. The van der Waals surface area contributed by atoms with Gasteiger partial charge in [-0.25, -0.2) is 15.0 Å². The number of hydrogen-bond acceptors (Lipinski definition) is 6. The molecule has 0 spiro atoms. The summed E-state index contributed by atoms with van der Waals surface area (Å²) in [6.45, 7) is 3.57. The van der Waals surface area contributed by atoms with Gasteiger partial charge < -0.3 is 10.1 Å². The summed E-state index contributed by atoms with van der Waals surface area (Å²) in [6.07, 6.45) is 11.7. The quantitative estimate of drug-likeness (QED) is 0.765. The molecule has 4 rings (SSSR count). The van der Waals surface area contributed by atoms with Gasteiger partial charge in [0.1, 0.15) is 5.82 Å². The van der Waals surface area contributed by atoms with Crippen molar-refractivity contribution in [3.63, 3.8) is 0 Å². The van der Waals surface area contributed by atoms with Gasteiger partial charge in [-0.3, -0.25) is 9.25 Å². The van der Waals surface area contributed by atoms with Gasteiger partial charge in [-0.2, -0.15) is 5.10 Å². The lowest BCUT2D eigenvalue weighted by Crippen LogP contribution is -2.19. The fourth-order valence-electron chi connectivity index (χ4n) is 3.08. The first-order valence-electron chi connectivity index (χ1n) is 8.42. The summed E-state index contributed by atoms with van der Waals surface area (Å²) >= 11 is 0. The Morgan fingerprint density at radius 3 is 2.80 bits per heavy atom. The highest BCUT2D eigenvalue weighted by Gasteiger charge is 2.16. The van der Waals surface area contributed by atoms with E-state index in [0.29, 0.717) is 5.95 Å². The van der Waals surface area contributed by atoms with Gasteiger partial charge in [0.15, 0.2) is 0 Å². The lowest BCUT2D eigenvalue weighted by molar-refractivity contribution is 0.120. The molecule has 1 fully saturated rings. The van der Waals surface area contributed by atoms with E-state index in [-0.39, 0.29) is 6.10 Å². The number of aromatic nitrogens is 6. The molecule has 0 aromatic carbocycles. The van der Waals surface area contributed by atoms with Crippen LogP contribution in [0.1, 0.15) is 18.5 Å². The van der Waals surface area contributed by atoms with Crippen molar-refractivity contribution >= 4 is 5.95 Å². The molecule has 0 bridgehead atoms. The van der Waals surface area contributed by atoms with Gasteiger partial charge >= 0.3 is 0 Å². The first-order valence-corrected chi connectivity index (χ1v) is 8.42. The number of aryl methyl sites for hydroxylation is 2. The Morgan fingerprint density at radius 1 is 1.28 bits per heavy atom. The molecule has 1 saturated heterocycles. The van der Waals surface area contributed by atoms with Crippen molar-refractivity contribution in [2.45, 2.75) is 25.9 Å². The van der Waals surface area contributed by atoms with E-state index < -0.39 is 0 Å². The zero-order valence-electron chi connectivity index (χ0n) is 14.4. The van der Waals surface area contributed by atoms with Crippen molar-refractivity contribution in [2.24, 2.45) is 7.05 Å². The third-order valence-electron chi connectivity index (χ3n) is 4.31. The maximum atomic E-state index is 5.60. The van der Waals surface area contributed by atoms with Crippen molar-refractivity contribution in [3.05, 3.63) is 36.7 Å². The van der Waals surface area contributed by atoms with Crippen molar-refractivity contribution < 1.29 is 4.74 Å². The van der Waals surface area contributed by atoms with Crippen LogP contribution in [0.15, 0.2) is 31.0 Å². The molecule has 0 amide bonds. The summed E-state index contributed by atoms with van der Waals surface area (Å²) in [5.74, 6) is 1.40. The van der Waals surface area contributed by atoms with Crippen LogP contribution in [0, 0.1) is 6.92 Å². The van der Waals surface area contributed by atoms with Crippen LogP contribution in [-0.2, 0) is 11.8 Å². The second-order valence-electron chi connectivity index (χ2n) is 6.21. The molecule has 130 valence electrons. The van der Waals surface area contributed by atoms with E-state index in [4.69, 9.17) is 4.74 Å². The normalized spacial score (nSPS) is 17.1. The van der Waals surface area contributed by atoms with Crippen molar-refractivity contribution in [1.29, 1.82) is 0 Å². The number of imidazole rings is 1. The zero-order valence-corrected chi connectivity index (χ0v) is 14.4. The summed E-state index contributed by atoms with van der Waals surface area (Å²) in [4.78, 5) is 13.3. The Labute approximate surface area is 145 Å². The highest BCUT2D eigenvalue weighted by Crippen LogP contribution is 2.22. The molecule has 3 aromatic rings. The largest absolute Gasteiger partial charge is 0.376 e. The molecular formula is C17H21N7O. The minimum Gasteiger partial charge on any atom is -0.376 e. The summed E-state index contributed by atoms with van der Waals surface area (Å²) < 4.78 is 9.39. The van der Waals surface area contributed by atoms with E-state index in [0.717, 1.165) is 48.8 Å². The lowest BCUT2D eigenvalue weighted by Gasteiger charge is -2.11. The number of hydrogen-bond donors (Lipinski definition) is 1. The Balaban J connectivity index is 1.53. The van der Waals surface area contributed by atoms with Crippen LogP contribution < -0.4 is 5.32 Å². The standard InChI is InChI=1S/C17H21N7O/c1-12-15(11-23(2)22-12)24-6-5-18-16(24)13-8-19-17(20-9-13)21-10-14-4-3-7-25-14/h5-6,8-9,11,14H,3-4,7,10H2,1-2H3,(H,19,20,21). The van der Waals surface area contributed by atoms with Crippen LogP contribution in [0.3, 0.4) is 0 Å². The van der Waals surface area contributed by atoms with Gasteiger partial charge in [-0.1, -0.05) is 0 Å². The molecule has 1 aliphatic rings. The third kappa shape index (κ3) is 3.25. The summed E-state index contributed by atoms with van der Waals surface area (Å²) in [6, 6.07) is 0. The van der Waals surface area contributed by atoms with E-state index in [1.807, 2.05) is 30.9 Å². The predicted molar refractivity (Wildman–Crippen MR) is 93.6 cm³/mol. The van der Waals surface area contributed by atoms with Gasteiger partial charge in [0.2, 0.25) is 5.95 Å². The van der Waals surface area contributed by atoms with Crippen LogP contribution in [0.4, 0.5) is 5.95 Å². The van der Waals surface area contributed by atoms with Gasteiger partial charge in [-0.05, 0) is 19.8 Å². The van der Waals surface area contributed by atoms with E-state index in [2.05, 4.69) is 25.4 Å². The van der Waals surface area contributed by atoms with Crippen molar-refractivity contribution in [3.8, 4) is 17.1 Å². The Hall–Kier alpha value is -2.74. The Morgan fingerprint density at radius 2 is 2.12 bits per heavy atom. The first kappa shape index (κ1) is 15.8. The van der Waals surface area contributed by atoms with Gasteiger partial charge in [0.25, 0.3) is 0 Å². The number of anilines is 1. The monoisotopic (exact) mass is 339 g/mol. The van der Waals surface area contributed by atoms with Gasteiger partial charge in [-0.15, -0.1) is 0 Å². The summed E-state index contributed by atoms with van der Waals surface area (Å²) in [5, 5.41) is 7.62. The van der Waals surface area contributed by atoms with E-state index in [1.165, 1.54) is 0 Å². The molecule has 0 radical (unpaired) electrons. The third-order valence-corrected chi connectivity index (χ3v) is 4.31. The molecule has 3 aromatic heterocycles. The SMILES string of the molecule is Cc1nn(C)cc1-n1ccnc1-c1cnc(NCC2CCCO2)nc1. The highest BCUT2D eigenvalue weighted by molar-refractivity contribution is 5.57. The maximum absolute atomic E-state index is 5.60. The van der Waals surface area contributed by atoms with E-state index in [1.54, 1.807) is 23.3 Å². The van der Waals surface area contributed by atoms with E-state index in [9.17, 15) is 0 Å². The molecule has 1 N–H and O–H groups in total. The van der Waals surface area contributed by atoms with Crippen molar-refractivity contribution in [1.82, 2.24) is 29.3 Å². The van der Waals surface area contributed by atoms with Crippen molar-refractivity contribution in [2.75, 3.05) is 18.5 Å². The summed E-state index contributed by atoms with van der Waals surface area (Å²) in [5.41, 5.74) is 2.80. The van der Waals surface area contributed by atoms with Crippen LogP contribution >= 0.6 is 0 Å². The lowest BCUT2D eigenvalue weighted by atomic mass is 10.2. The smallest absolute Gasteiger partial charge is 0.222 e. The molecule has 0 saturated carbocycles. The molecule has 8 nitrogen and oxygen atoms in total. The average molecular weight is 339 g/mol. The first-order chi connectivity index (χ1) is 12.2. The molecule has 25 heavy (non-hydrogen) atoms. The highest BCUT2D eigenvalue weighted by atomic mass is 16.5.